The monoisotopic (exact) mass is 419 g/mol. The van der Waals surface area contributed by atoms with Crippen molar-refractivity contribution >= 4 is 61.6 Å². The molecule has 0 aliphatic heterocycles. The molecule has 3 rings (SSSR count). The van der Waals surface area contributed by atoms with Crippen molar-refractivity contribution in [3.8, 4) is 0 Å². The molecular weight excluding hydrogens is 410 g/mol. The maximum absolute atomic E-state index is 12.9. The van der Waals surface area contributed by atoms with E-state index in [1.807, 2.05) is 0 Å². The molecule has 0 saturated carbocycles. The molecule has 1 aromatic heterocycles. The van der Waals surface area contributed by atoms with Crippen LogP contribution in [0.4, 0.5) is 28.8 Å². The number of nitrogens with zero attached hydrogens (tertiary/aromatic N) is 2. The third-order valence-electron chi connectivity index (χ3n) is 3.45. The highest BCUT2D eigenvalue weighted by Crippen LogP contribution is 2.36. The van der Waals surface area contributed by atoms with E-state index < -0.39 is 22.8 Å². The number of urea groups is 1. The molecule has 136 valence electrons. The minimum absolute atomic E-state index is 0.0252. The van der Waals surface area contributed by atoms with E-state index in [2.05, 4.69) is 10.3 Å². The van der Waals surface area contributed by atoms with Crippen LogP contribution in [0.15, 0.2) is 36.4 Å². The van der Waals surface area contributed by atoms with E-state index in [0.717, 1.165) is 16.8 Å². The van der Waals surface area contributed by atoms with Gasteiger partial charge in [-0.1, -0.05) is 34.5 Å². The van der Waals surface area contributed by atoms with Crippen molar-refractivity contribution in [2.45, 2.75) is 6.18 Å². The maximum Gasteiger partial charge on any atom is 0.417 e. The summed E-state index contributed by atoms with van der Waals surface area (Å²) in [6, 6.07) is 7.65. The van der Waals surface area contributed by atoms with Crippen LogP contribution in [-0.4, -0.2) is 18.1 Å². The summed E-state index contributed by atoms with van der Waals surface area (Å²) in [6.07, 6.45) is -4.62. The van der Waals surface area contributed by atoms with Crippen LogP contribution < -0.4 is 10.2 Å². The summed E-state index contributed by atoms with van der Waals surface area (Å²) in [6.45, 7) is 0. The molecule has 0 aliphatic rings. The van der Waals surface area contributed by atoms with Crippen LogP contribution in [0.25, 0.3) is 10.2 Å². The highest BCUT2D eigenvalue weighted by molar-refractivity contribution is 7.22. The first kappa shape index (κ1) is 18.8. The first-order valence-corrected chi connectivity index (χ1v) is 8.70. The van der Waals surface area contributed by atoms with Crippen LogP contribution in [0.1, 0.15) is 5.56 Å². The number of aromatic nitrogens is 1. The normalized spacial score (nSPS) is 11.6. The molecule has 10 heteroatoms. The zero-order valence-electron chi connectivity index (χ0n) is 13.1. The van der Waals surface area contributed by atoms with Crippen molar-refractivity contribution in [1.82, 2.24) is 4.98 Å². The third kappa shape index (κ3) is 3.87. The van der Waals surface area contributed by atoms with E-state index in [4.69, 9.17) is 23.2 Å². The molecule has 1 heterocycles. The maximum atomic E-state index is 12.9. The minimum atomic E-state index is -4.62. The largest absolute Gasteiger partial charge is 0.417 e. The van der Waals surface area contributed by atoms with Gasteiger partial charge in [-0.25, -0.2) is 9.78 Å². The average molecular weight is 420 g/mol. The van der Waals surface area contributed by atoms with Crippen molar-refractivity contribution in [3.05, 3.63) is 52.0 Å². The molecule has 0 spiro atoms. The van der Waals surface area contributed by atoms with Crippen molar-refractivity contribution in [2.75, 3.05) is 17.3 Å². The third-order valence-corrected chi connectivity index (χ3v) is 5.11. The van der Waals surface area contributed by atoms with Crippen LogP contribution in [0.3, 0.4) is 0 Å². The van der Waals surface area contributed by atoms with Crippen LogP contribution in [0, 0.1) is 0 Å². The number of thiazole rings is 1. The Morgan fingerprint density at radius 3 is 2.62 bits per heavy atom. The first-order chi connectivity index (χ1) is 12.1. The number of carbonyl (C=O) groups is 1. The molecule has 0 bridgehead atoms. The molecule has 0 unspecified atom stereocenters. The fourth-order valence-electron chi connectivity index (χ4n) is 2.14. The van der Waals surface area contributed by atoms with Gasteiger partial charge in [0.05, 0.1) is 20.8 Å². The number of hydrogen-bond acceptors (Lipinski definition) is 3. The molecule has 1 N–H and O–H groups in total. The highest BCUT2D eigenvalue weighted by atomic mass is 35.5. The van der Waals surface area contributed by atoms with Gasteiger partial charge in [-0.3, -0.25) is 4.90 Å². The summed E-state index contributed by atoms with van der Waals surface area (Å²) in [4.78, 5) is 17.9. The van der Waals surface area contributed by atoms with Crippen molar-refractivity contribution in [2.24, 2.45) is 0 Å². The summed E-state index contributed by atoms with van der Waals surface area (Å²) < 4.78 is 39.5. The lowest BCUT2D eigenvalue weighted by atomic mass is 10.2. The number of nitrogens with one attached hydrogen (secondary N) is 1. The SMILES string of the molecule is CN(C(=O)Nc1ccc(Cl)c(C(F)(F)F)c1)c1nc2ccc(Cl)cc2s1. The second-order valence-electron chi connectivity index (χ2n) is 5.29. The van der Waals surface area contributed by atoms with Crippen LogP contribution in [-0.2, 0) is 6.18 Å². The fourth-order valence-corrected chi connectivity index (χ4v) is 3.57. The number of amides is 2. The molecular formula is C16H10Cl2F3N3OS. The lowest BCUT2D eigenvalue weighted by molar-refractivity contribution is -0.137. The zero-order valence-corrected chi connectivity index (χ0v) is 15.4. The van der Waals surface area contributed by atoms with Crippen LogP contribution >= 0.6 is 34.5 Å². The van der Waals surface area contributed by atoms with Crippen molar-refractivity contribution < 1.29 is 18.0 Å². The van der Waals surface area contributed by atoms with E-state index in [1.54, 1.807) is 18.2 Å². The Balaban J connectivity index is 1.82. The fraction of sp³-hybridized carbons (Fsp3) is 0.125. The Labute approximate surface area is 160 Å². The lowest BCUT2D eigenvalue weighted by Gasteiger charge is -2.16. The first-order valence-electron chi connectivity index (χ1n) is 7.12. The summed E-state index contributed by atoms with van der Waals surface area (Å²) in [5.41, 5.74) is -0.378. The summed E-state index contributed by atoms with van der Waals surface area (Å²) in [5, 5.41) is 2.89. The molecule has 0 saturated heterocycles. The van der Waals surface area contributed by atoms with Crippen molar-refractivity contribution in [1.29, 1.82) is 0 Å². The molecule has 26 heavy (non-hydrogen) atoms. The topological polar surface area (TPSA) is 45.2 Å². The van der Waals surface area contributed by atoms with E-state index in [-0.39, 0.29) is 5.69 Å². The number of hydrogen-bond donors (Lipinski definition) is 1. The minimum Gasteiger partial charge on any atom is -0.307 e. The molecule has 3 aromatic rings. The van der Waals surface area contributed by atoms with E-state index in [0.29, 0.717) is 15.7 Å². The van der Waals surface area contributed by atoms with E-state index >= 15 is 0 Å². The Kier molecular flexibility index (Phi) is 5.01. The molecule has 4 nitrogen and oxygen atoms in total. The quantitative estimate of drug-likeness (QED) is 0.530. The second-order valence-corrected chi connectivity index (χ2v) is 7.14. The van der Waals surface area contributed by atoms with Gasteiger partial charge in [0, 0.05) is 17.8 Å². The van der Waals surface area contributed by atoms with Gasteiger partial charge in [-0.2, -0.15) is 13.2 Å². The Hall–Kier alpha value is -2.03. The van der Waals surface area contributed by atoms with Crippen LogP contribution in [0.5, 0.6) is 0 Å². The average Bonchev–Trinajstić information content (AvgIpc) is 2.97. The molecule has 0 aliphatic carbocycles. The molecule has 2 amide bonds. The van der Waals surface area contributed by atoms with Gasteiger partial charge >= 0.3 is 12.2 Å². The highest BCUT2D eigenvalue weighted by Gasteiger charge is 2.33. The summed E-state index contributed by atoms with van der Waals surface area (Å²) >= 11 is 12.7. The molecule has 0 atom stereocenters. The lowest BCUT2D eigenvalue weighted by Crippen LogP contribution is -2.31. The van der Waals surface area contributed by atoms with Crippen LogP contribution in [0.2, 0.25) is 10.0 Å². The number of carbonyl (C=O) groups excluding carboxylic acids is 1. The number of fused-ring (bicyclic) bond motifs is 1. The number of rotatable bonds is 2. The van der Waals surface area contributed by atoms with Gasteiger partial charge in [0.1, 0.15) is 0 Å². The van der Waals surface area contributed by atoms with Gasteiger partial charge in [0.25, 0.3) is 0 Å². The zero-order chi connectivity index (χ0) is 19.1. The van der Waals surface area contributed by atoms with Gasteiger partial charge in [-0.15, -0.1) is 0 Å². The van der Waals surface area contributed by atoms with Gasteiger partial charge in [0.2, 0.25) is 0 Å². The van der Waals surface area contributed by atoms with E-state index in [9.17, 15) is 18.0 Å². The predicted octanol–water partition coefficient (Wildman–Crippen LogP) is 6.29. The number of benzene rings is 2. The van der Waals surface area contributed by atoms with Gasteiger partial charge in [-0.05, 0) is 36.4 Å². The smallest absolute Gasteiger partial charge is 0.307 e. The molecule has 0 fully saturated rings. The standard InChI is InChI=1S/C16H10Cl2F3N3OS/c1-24(15-23-12-5-2-8(17)6-13(12)26-15)14(25)22-9-3-4-11(18)10(7-9)16(19,20)21/h2-7H,1H3,(H,22,25). The summed E-state index contributed by atoms with van der Waals surface area (Å²) in [7, 11) is 1.47. The Bertz CT molecular complexity index is 991. The number of alkyl halides is 3. The van der Waals surface area contributed by atoms with Gasteiger partial charge < -0.3 is 5.32 Å². The number of halogens is 5. The molecule has 0 radical (unpaired) electrons. The second kappa shape index (κ2) is 6.94. The Morgan fingerprint density at radius 1 is 1.19 bits per heavy atom. The summed E-state index contributed by atoms with van der Waals surface area (Å²) in [5.74, 6) is 0. The molecule has 2 aromatic carbocycles. The number of anilines is 2. The van der Waals surface area contributed by atoms with Gasteiger partial charge in [0.15, 0.2) is 5.13 Å². The van der Waals surface area contributed by atoms with Crippen molar-refractivity contribution in [3.63, 3.8) is 0 Å². The Morgan fingerprint density at radius 2 is 1.92 bits per heavy atom. The predicted molar refractivity (Wildman–Crippen MR) is 98.5 cm³/mol. The van der Waals surface area contributed by atoms with E-state index in [1.165, 1.54) is 29.4 Å².